The third-order valence-electron chi connectivity index (χ3n) is 0. The van der Waals surface area contributed by atoms with Crippen molar-refractivity contribution in [1.29, 1.82) is 0 Å². The van der Waals surface area contributed by atoms with Crippen LogP contribution in [0, 0.1) is 0 Å². The van der Waals surface area contributed by atoms with Gasteiger partial charge in [-0.15, -0.1) is 0 Å². The van der Waals surface area contributed by atoms with E-state index in [1.807, 2.05) is 0 Å². The fraction of sp³-hybridized carbons (Fsp3) is 0. The van der Waals surface area contributed by atoms with E-state index in [1.54, 1.807) is 0 Å². The summed E-state index contributed by atoms with van der Waals surface area (Å²) in [6.45, 7) is 0. The molecule has 8 heteroatoms. The van der Waals surface area contributed by atoms with Crippen molar-refractivity contribution < 1.29 is 37.0 Å². The molecule has 0 aliphatic rings. The van der Waals surface area contributed by atoms with E-state index in [4.69, 9.17) is 17.5 Å². The van der Waals surface area contributed by atoms with Crippen LogP contribution in [0.25, 0.3) is 0 Å². The van der Waals surface area contributed by atoms with E-state index in [9.17, 15) is 0 Å². The van der Waals surface area contributed by atoms with Crippen molar-refractivity contribution in [3.8, 4) is 0 Å². The molecule has 7 N–H and O–H groups in total. The van der Waals surface area contributed by atoms with Crippen molar-refractivity contribution in [2.75, 3.05) is 0 Å². The zero-order valence-corrected chi connectivity index (χ0v) is 8.24. The molecule has 6 nitrogen and oxygen atoms in total. The Kier molecular flexibility index (Phi) is 22.0. The molecular formula is H7N2O4SZn-. The summed E-state index contributed by atoms with van der Waals surface area (Å²) in [7, 11) is -5.17. The van der Waals surface area contributed by atoms with Crippen LogP contribution in [0.3, 0.4) is 0 Å². The molecule has 0 saturated heterocycles. The van der Waals surface area contributed by atoms with Crippen molar-refractivity contribution in [2.45, 2.75) is 0 Å². The van der Waals surface area contributed by atoms with Gasteiger partial charge in [0.1, 0.15) is 0 Å². The van der Waals surface area contributed by atoms with E-state index in [0.29, 0.717) is 0 Å². The van der Waals surface area contributed by atoms with Crippen molar-refractivity contribution in [2.24, 2.45) is 0 Å². The molecule has 0 rings (SSSR count). The molecule has 50 valence electrons. The molecule has 0 heterocycles. The van der Waals surface area contributed by atoms with Crippen LogP contribution in [-0.2, 0) is 29.9 Å². The Morgan fingerprint density at radius 3 is 1.12 bits per heavy atom. The number of hydrogen-bond acceptors (Lipinski definition) is 5. The van der Waals surface area contributed by atoms with E-state index in [1.165, 1.54) is 0 Å². The number of rotatable bonds is 0. The van der Waals surface area contributed by atoms with Gasteiger partial charge in [0.2, 0.25) is 0 Å². The van der Waals surface area contributed by atoms with E-state index < -0.39 is 10.4 Å². The van der Waals surface area contributed by atoms with E-state index in [2.05, 4.69) is 0 Å². The zero-order chi connectivity index (χ0) is 4.50. The van der Waals surface area contributed by atoms with Gasteiger partial charge in [-0.2, -0.15) is 0 Å². The SMILES string of the molecule is N.O=S(=O)([O-])[O-].[NH4+].[Zn]. The van der Waals surface area contributed by atoms with Gasteiger partial charge in [-0.25, -0.2) is 0 Å². The average molecular weight is 197 g/mol. The van der Waals surface area contributed by atoms with Gasteiger partial charge in [0, 0.05) is 29.9 Å². The van der Waals surface area contributed by atoms with Crippen molar-refractivity contribution in [3.63, 3.8) is 0 Å². The Balaban J connectivity index is -0.0000000267. The van der Waals surface area contributed by atoms with Crippen LogP contribution < -0.4 is 12.3 Å². The molecular weight excluding hydrogens is 189 g/mol. The van der Waals surface area contributed by atoms with Crippen LogP contribution in [0.4, 0.5) is 0 Å². The van der Waals surface area contributed by atoms with Gasteiger partial charge in [-0.3, -0.25) is 8.42 Å². The van der Waals surface area contributed by atoms with Crippen LogP contribution >= 0.6 is 0 Å². The molecule has 0 aromatic carbocycles. The van der Waals surface area contributed by atoms with Crippen LogP contribution in [0.15, 0.2) is 0 Å². The molecule has 0 aliphatic carbocycles. The number of hydrogen-bond donors (Lipinski definition) is 2. The molecule has 0 atom stereocenters. The van der Waals surface area contributed by atoms with Crippen molar-refractivity contribution in [1.82, 2.24) is 12.3 Å². The van der Waals surface area contributed by atoms with Crippen molar-refractivity contribution >= 4 is 10.4 Å². The standard InChI is InChI=1S/2H3N.H2O4S.Zn/c;;1-5(2,3)4;/h2*1H3;(H2,1,2,3,4);/p-1. The Morgan fingerprint density at radius 1 is 1.12 bits per heavy atom. The van der Waals surface area contributed by atoms with Crippen molar-refractivity contribution in [3.05, 3.63) is 0 Å². The predicted molar refractivity (Wildman–Crippen MR) is 21.5 cm³/mol. The summed E-state index contributed by atoms with van der Waals surface area (Å²) in [5.41, 5.74) is 0. The molecule has 0 bridgehead atoms. The van der Waals surface area contributed by atoms with Gasteiger partial charge in [0.25, 0.3) is 0 Å². The Labute approximate surface area is 60.2 Å². The fourth-order valence-corrected chi connectivity index (χ4v) is 0. The first-order valence-electron chi connectivity index (χ1n) is 0.667. The first-order valence-corrected chi connectivity index (χ1v) is 2.00. The molecule has 0 aromatic rings. The summed E-state index contributed by atoms with van der Waals surface area (Å²) in [4.78, 5) is 0. The molecule has 0 aliphatic heterocycles. The van der Waals surface area contributed by atoms with Gasteiger partial charge in [0.15, 0.2) is 0 Å². The largest absolute Gasteiger partial charge is 0.759 e. The minimum Gasteiger partial charge on any atom is -0.759 e. The minimum atomic E-state index is -5.17. The molecule has 0 spiro atoms. The minimum absolute atomic E-state index is 0. The molecule has 0 saturated carbocycles. The summed E-state index contributed by atoms with van der Waals surface area (Å²) in [6, 6.07) is 0. The van der Waals surface area contributed by atoms with Crippen LogP contribution in [0.1, 0.15) is 0 Å². The second kappa shape index (κ2) is 7.41. The second-order valence-corrected chi connectivity index (χ2v) is 1.22. The van der Waals surface area contributed by atoms with E-state index >= 15 is 0 Å². The Bertz CT molecular complexity index is 97.2. The van der Waals surface area contributed by atoms with Crippen LogP contribution in [0.2, 0.25) is 0 Å². The molecule has 0 radical (unpaired) electrons. The van der Waals surface area contributed by atoms with Gasteiger partial charge < -0.3 is 21.4 Å². The predicted octanol–water partition coefficient (Wildman–Crippen LogP) is -0.802. The molecule has 0 aromatic heterocycles. The molecule has 8 heavy (non-hydrogen) atoms. The Morgan fingerprint density at radius 2 is 1.12 bits per heavy atom. The maximum absolute atomic E-state index is 8.52. The summed E-state index contributed by atoms with van der Waals surface area (Å²) in [5, 5.41) is 0. The third-order valence-corrected chi connectivity index (χ3v) is 0. The van der Waals surface area contributed by atoms with E-state index in [0.717, 1.165) is 0 Å². The molecule has 0 fully saturated rings. The first-order chi connectivity index (χ1) is 2.00. The normalized spacial score (nSPS) is 7.25. The van der Waals surface area contributed by atoms with Crippen LogP contribution in [-0.4, -0.2) is 17.5 Å². The maximum atomic E-state index is 8.52. The van der Waals surface area contributed by atoms with Gasteiger partial charge in [0.05, 0.1) is 0 Å². The van der Waals surface area contributed by atoms with Gasteiger partial charge in [-0.1, -0.05) is 0 Å². The zero-order valence-electron chi connectivity index (χ0n) is 4.46. The average Bonchev–Trinajstić information content (AvgIpc) is 0.722. The molecule has 0 amide bonds. The first kappa shape index (κ1) is 23.7. The monoisotopic (exact) mass is 195 g/mol. The summed E-state index contributed by atoms with van der Waals surface area (Å²) in [5.74, 6) is 0. The fourth-order valence-electron chi connectivity index (χ4n) is 0. The topological polar surface area (TPSA) is 152 Å². The maximum Gasteiger partial charge on any atom is 0.0311 e. The number of quaternary nitrogens is 1. The van der Waals surface area contributed by atoms with Crippen LogP contribution in [0.5, 0.6) is 0 Å². The Hall–Kier alpha value is 0.413. The second-order valence-electron chi connectivity index (χ2n) is 0.408. The summed E-state index contributed by atoms with van der Waals surface area (Å²) < 4.78 is 34.1. The molecule has 0 unspecified atom stereocenters. The quantitative estimate of drug-likeness (QED) is 0.295. The summed E-state index contributed by atoms with van der Waals surface area (Å²) in [6.07, 6.45) is 0. The third kappa shape index (κ3) is 1100. The van der Waals surface area contributed by atoms with Gasteiger partial charge in [-0.05, 0) is 0 Å². The summed E-state index contributed by atoms with van der Waals surface area (Å²) >= 11 is 0. The smallest absolute Gasteiger partial charge is 0.0311 e. The van der Waals surface area contributed by atoms with Gasteiger partial charge >= 0.3 is 0 Å². The van der Waals surface area contributed by atoms with E-state index in [-0.39, 0.29) is 31.8 Å².